The summed E-state index contributed by atoms with van der Waals surface area (Å²) in [5.74, 6) is 0. The molecule has 1 atom stereocenters. The number of nitrogens with zero attached hydrogens (tertiary/aromatic N) is 3. The second-order valence-electron chi connectivity index (χ2n) is 5.52. The summed E-state index contributed by atoms with van der Waals surface area (Å²) in [6, 6.07) is 12.2. The summed E-state index contributed by atoms with van der Waals surface area (Å²) in [5.41, 5.74) is 4.05. The Kier molecular flexibility index (Phi) is 3.78. The molecule has 3 rings (SSSR count). The molecule has 0 unspecified atom stereocenters. The molecule has 4 heteroatoms. The molecule has 2 aromatic rings. The van der Waals surface area contributed by atoms with Crippen molar-refractivity contribution in [2.45, 2.75) is 32.7 Å². The van der Waals surface area contributed by atoms with Gasteiger partial charge < -0.3 is 9.67 Å². The van der Waals surface area contributed by atoms with Gasteiger partial charge in [0.25, 0.3) is 0 Å². The van der Waals surface area contributed by atoms with Gasteiger partial charge in [0.15, 0.2) is 0 Å². The van der Waals surface area contributed by atoms with Crippen molar-refractivity contribution >= 4 is 0 Å². The molecule has 0 bridgehead atoms. The molecule has 0 spiro atoms. The van der Waals surface area contributed by atoms with Gasteiger partial charge in [-0.1, -0.05) is 24.3 Å². The van der Waals surface area contributed by atoms with Gasteiger partial charge in [-0.15, -0.1) is 0 Å². The fourth-order valence-corrected chi connectivity index (χ4v) is 3.04. The number of aromatic nitrogens is 1. The van der Waals surface area contributed by atoms with Crippen molar-refractivity contribution in [1.29, 1.82) is 5.26 Å². The molecule has 0 saturated heterocycles. The van der Waals surface area contributed by atoms with Crippen molar-refractivity contribution in [3.8, 4) is 6.07 Å². The Morgan fingerprint density at radius 3 is 2.90 bits per heavy atom. The molecule has 1 aromatic carbocycles. The number of rotatable bonds is 3. The number of β-amino-alcohol motifs (C(OH)–C–C–N with tert-alkyl or cyclic N) is 1. The fraction of sp³-hybridized carbons (Fsp3) is 0.353. The number of fused-ring (bicyclic) bond motifs is 1. The minimum absolute atomic E-state index is 0.432. The molecular formula is C17H19N3O. The highest BCUT2D eigenvalue weighted by Gasteiger charge is 2.23. The Morgan fingerprint density at radius 2 is 2.19 bits per heavy atom. The van der Waals surface area contributed by atoms with Crippen LogP contribution in [0, 0.1) is 11.3 Å². The van der Waals surface area contributed by atoms with E-state index >= 15 is 0 Å². The summed E-state index contributed by atoms with van der Waals surface area (Å²) in [7, 11) is 0. The van der Waals surface area contributed by atoms with Crippen LogP contribution in [0.1, 0.15) is 35.4 Å². The molecule has 0 saturated carbocycles. The molecule has 1 aliphatic rings. The van der Waals surface area contributed by atoms with Crippen molar-refractivity contribution in [3.05, 3.63) is 58.9 Å². The normalized spacial score (nSPS) is 18.2. The summed E-state index contributed by atoms with van der Waals surface area (Å²) >= 11 is 0. The van der Waals surface area contributed by atoms with E-state index in [-0.39, 0.29) is 0 Å². The summed E-state index contributed by atoms with van der Waals surface area (Å²) < 4.78 is 1.96. The summed E-state index contributed by atoms with van der Waals surface area (Å²) in [6.07, 6.45) is 1.60. The standard InChI is InChI=1S/C17H19N3O/c1-2-20-10-13(7-15(20)8-18)9-19-11-14-5-3-4-6-16(14)17(21)12-19/h3-7,10,17,21H,2,9,11-12H2,1H3/t17-/m1/s1. The minimum atomic E-state index is -0.432. The van der Waals surface area contributed by atoms with Gasteiger partial charge in [0.05, 0.1) is 6.10 Å². The fourth-order valence-electron chi connectivity index (χ4n) is 3.04. The van der Waals surface area contributed by atoms with Gasteiger partial charge in [-0.3, -0.25) is 4.90 Å². The van der Waals surface area contributed by atoms with E-state index in [2.05, 4.69) is 17.0 Å². The maximum atomic E-state index is 10.3. The first-order valence-corrected chi connectivity index (χ1v) is 7.28. The second-order valence-corrected chi connectivity index (χ2v) is 5.52. The van der Waals surface area contributed by atoms with Crippen molar-refractivity contribution in [2.75, 3.05) is 6.54 Å². The number of aliphatic hydroxyl groups is 1. The molecule has 0 radical (unpaired) electrons. The lowest BCUT2D eigenvalue weighted by Crippen LogP contribution is -2.33. The Hall–Kier alpha value is -2.09. The highest BCUT2D eigenvalue weighted by Crippen LogP contribution is 2.27. The van der Waals surface area contributed by atoms with Crippen molar-refractivity contribution in [3.63, 3.8) is 0 Å². The summed E-state index contributed by atoms with van der Waals surface area (Å²) in [6.45, 7) is 5.07. The molecule has 4 nitrogen and oxygen atoms in total. The van der Waals surface area contributed by atoms with Crippen LogP contribution >= 0.6 is 0 Å². The monoisotopic (exact) mass is 281 g/mol. The van der Waals surface area contributed by atoms with Gasteiger partial charge >= 0.3 is 0 Å². The average Bonchev–Trinajstić information content (AvgIpc) is 2.89. The largest absolute Gasteiger partial charge is 0.387 e. The zero-order valence-electron chi connectivity index (χ0n) is 12.2. The molecule has 108 valence electrons. The number of hydrogen-bond donors (Lipinski definition) is 1. The third-order valence-electron chi connectivity index (χ3n) is 4.05. The van der Waals surface area contributed by atoms with Crippen molar-refractivity contribution in [2.24, 2.45) is 0 Å². The van der Waals surface area contributed by atoms with E-state index in [0.717, 1.165) is 30.8 Å². The van der Waals surface area contributed by atoms with E-state index in [4.69, 9.17) is 5.26 Å². The van der Waals surface area contributed by atoms with Crippen LogP contribution in [0.2, 0.25) is 0 Å². The Balaban J connectivity index is 1.78. The third-order valence-corrected chi connectivity index (χ3v) is 4.05. The maximum Gasteiger partial charge on any atom is 0.120 e. The molecule has 0 amide bonds. The predicted molar refractivity (Wildman–Crippen MR) is 80.3 cm³/mol. The van der Waals surface area contributed by atoms with Gasteiger partial charge in [-0.25, -0.2) is 0 Å². The minimum Gasteiger partial charge on any atom is -0.387 e. The van der Waals surface area contributed by atoms with Crippen LogP contribution in [0.5, 0.6) is 0 Å². The molecular weight excluding hydrogens is 262 g/mol. The van der Waals surface area contributed by atoms with Crippen molar-refractivity contribution < 1.29 is 5.11 Å². The average molecular weight is 281 g/mol. The van der Waals surface area contributed by atoms with Gasteiger partial charge in [-0.05, 0) is 29.7 Å². The van der Waals surface area contributed by atoms with Crippen LogP contribution in [-0.2, 0) is 19.6 Å². The number of aliphatic hydroxyl groups excluding tert-OH is 1. The smallest absolute Gasteiger partial charge is 0.120 e. The molecule has 2 heterocycles. The van der Waals surface area contributed by atoms with Gasteiger partial charge in [0, 0.05) is 32.4 Å². The first-order chi connectivity index (χ1) is 10.2. The lowest BCUT2D eigenvalue weighted by molar-refractivity contribution is 0.0882. The van der Waals surface area contributed by atoms with Gasteiger partial charge in [-0.2, -0.15) is 5.26 Å². The zero-order chi connectivity index (χ0) is 14.8. The molecule has 0 fully saturated rings. The van der Waals surface area contributed by atoms with E-state index in [1.165, 1.54) is 5.56 Å². The molecule has 1 aromatic heterocycles. The molecule has 0 aliphatic carbocycles. The second kappa shape index (κ2) is 5.72. The number of nitriles is 1. The molecule has 1 aliphatic heterocycles. The zero-order valence-corrected chi connectivity index (χ0v) is 12.2. The van der Waals surface area contributed by atoms with Crippen LogP contribution in [0.4, 0.5) is 0 Å². The lowest BCUT2D eigenvalue weighted by atomic mass is 9.97. The highest BCUT2D eigenvalue weighted by atomic mass is 16.3. The topological polar surface area (TPSA) is 52.2 Å². The maximum absolute atomic E-state index is 10.3. The van der Waals surface area contributed by atoms with E-state index in [1.54, 1.807) is 0 Å². The van der Waals surface area contributed by atoms with E-state index in [0.29, 0.717) is 12.2 Å². The molecule has 1 N–H and O–H groups in total. The van der Waals surface area contributed by atoms with E-state index in [9.17, 15) is 5.11 Å². The SMILES string of the molecule is CCn1cc(CN2Cc3ccccc3[C@H](O)C2)cc1C#N. The number of benzene rings is 1. The molecule has 21 heavy (non-hydrogen) atoms. The quantitative estimate of drug-likeness (QED) is 0.940. The summed E-state index contributed by atoms with van der Waals surface area (Å²) in [5, 5.41) is 19.4. The van der Waals surface area contributed by atoms with Crippen molar-refractivity contribution in [1.82, 2.24) is 9.47 Å². The Bertz CT molecular complexity index is 684. The van der Waals surface area contributed by atoms with Crippen LogP contribution in [0.3, 0.4) is 0 Å². The predicted octanol–water partition coefficient (Wildman–Crippen LogP) is 2.43. The number of hydrogen-bond acceptors (Lipinski definition) is 3. The van der Waals surface area contributed by atoms with Crippen LogP contribution in [-0.4, -0.2) is 21.1 Å². The van der Waals surface area contributed by atoms with E-state index < -0.39 is 6.10 Å². The van der Waals surface area contributed by atoms with Crippen LogP contribution in [0.25, 0.3) is 0 Å². The Morgan fingerprint density at radius 1 is 1.38 bits per heavy atom. The lowest BCUT2D eigenvalue weighted by Gasteiger charge is -2.31. The van der Waals surface area contributed by atoms with E-state index in [1.807, 2.05) is 42.0 Å². The highest BCUT2D eigenvalue weighted by molar-refractivity contribution is 5.32. The van der Waals surface area contributed by atoms with Gasteiger partial charge in [0.2, 0.25) is 0 Å². The first kappa shape index (κ1) is 13.9. The van der Waals surface area contributed by atoms with Crippen LogP contribution in [0.15, 0.2) is 36.5 Å². The van der Waals surface area contributed by atoms with Crippen LogP contribution < -0.4 is 0 Å². The number of aryl methyl sites for hydroxylation is 1. The first-order valence-electron chi connectivity index (χ1n) is 7.28. The Labute approximate surface area is 124 Å². The third kappa shape index (κ3) is 2.71. The van der Waals surface area contributed by atoms with Gasteiger partial charge in [0.1, 0.15) is 11.8 Å². The summed E-state index contributed by atoms with van der Waals surface area (Å²) in [4.78, 5) is 2.23.